The number of halogens is 1. The van der Waals surface area contributed by atoms with Crippen LogP contribution < -0.4 is 0 Å². The average Bonchev–Trinajstić information content (AvgIpc) is 2.03. The van der Waals surface area contributed by atoms with Crippen molar-refractivity contribution in [2.45, 2.75) is 12.8 Å². The molecule has 11 heavy (non-hydrogen) atoms. The topological polar surface area (TPSA) is 26.3 Å². The molecule has 0 rings (SSSR count). The minimum atomic E-state index is -0.436. The Morgan fingerprint density at radius 2 is 2.36 bits per heavy atom. The third-order valence-corrected chi connectivity index (χ3v) is 1.15. The average molecular weight is 158 g/mol. The molecule has 0 saturated heterocycles. The van der Waals surface area contributed by atoms with Gasteiger partial charge in [0.15, 0.2) is 0 Å². The third-order valence-electron chi connectivity index (χ3n) is 1.15. The fraction of sp³-hybridized carbons (Fsp3) is 0.375. The molecule has 0 aliphatic rings. The van der Waals surface area contributed by atoms with Crippen LogP contribution >= 0.6 is 0 Å². The van der Waals surface area contributed by atoms with E-state index in [1.165, 1.54) is 13.2 Å². The Labute approximate surface area is 65.4 Å². The lowest BCUT2D eigenvalue weighted by Gasteiger charge is -2.00. The molecule has 0 atom stereocenters. The summed E-state index contributed by atoms with van der Waals surface area (Å²) in [6.45, 7) is 3.35. The first-order chi connectivity index (χ1) is 5.26. The number of carbonyl (C=O) groups is 1. The Morgan fingerprint density at radius 3 is 2.73 bits per heavy atom. The van der Waals surface area contributed by atoms with Gasteiger partial charge in [0.05, 0.1) is 7.11 Å². The van der Waals surface area contributed by atoms with Gasteiger partial charge in [-0.3, -0.25) is 0 Å². The molecule has 0 N–H and O–H groups in total. The highest BCUT2D eigenvalue weighted by atomic mass is 19.1. The van der Waals surface area contributed by atoms with Crippen molar-refractivity contribution in [3.8, 4) is 0 Å². The summed E-state index contributed by atoms with van der Waals surface area (Å²) in [5.41, 5.74) is 0. The zero-order chi connectivity index (χ0) is 8.69. The lowest BCUT2D eigenvalue weighted by Crippen LogP contribution is -1.87. The molecule has 62 valence electrons. The van der Waals surface area contributed by atoms with Crippen molar-refractivity contribution in [1.82, 2.24) is 0 Å². The van der Waals surface area contributed by atoms with Gasteiger partial charge < -0.3 is 9.53 Å². The van der Waals surface area contributed by atoms with E-state index in [4.69, 9.17) is 0 Å². The number of rotatable bonds is 5. The summed E-state index contributed by atoms with van der Waals surface area (Å²) < 4.78 is 17.4. The van der Waals surface area contributed by atoms with Crippen LogP contribution in [-0.2, 0) is 9.53 Å². The highest BCUT2D eigenvalue weighted by molar-refractivity contribution is 5.49. The van der Waals surface area contributed by atoms with Gasteiger partial charge in [-0.05, 0) is 6.08 Å². The predicted octanol–water partition coefficient (Wildman–Crippen LogP) is 1.98. The SMILES string of the molecule is C=C/C(OC)=C(/F)CCC=O. The van der Waals surface area contributed by atoms with Crippen LogP contribution in [0, 0.1) is 0 Å². The van der Waals surface area contributed by atoms with Gasteiger partial charge >= 0.3 is 0 Å². The quantitative estimate of drug-likeness (QED) is 0.347. The van der Waals surface area contributed by atoms with Crippen molar-refractivity contribution in [2.75, 3.05) is 7.11 Å². The van der Waals surface area contributed by atoms with Gasteiger partial charge in [0.1, 0.15) is 17.9 Å². The first-order valence-electron chi connectivity index (χ1n) is 3.25. The summed E-state index contributed by atoms with van der Waals surface area (Å²) in [6, 6.07) is 0. The van der Waals surface area contributed by atoms with E-state index >= 15 is 0 Å². The van der Waals surface area contributed by atoms with E-state index in [9.17, 15) is 9.18 Å². The first-order valence-corrected chi connectivity index (χ1v) is 3.25. The van der Waals surface area contributed by atoms with Crippen LogP contribution in [-0.4, -0.2) is 13.4 Å². The normalized spacial score (nSPS) is 11.8. The minimum absolute atomic E-state index is 0.0820. The van der Waals surface area contributed by atoms with E-state index in [1.54, 1.807) is 0 Å². The molecule has 0 radical (unpaired) electrons. The summed E-state index contributed by atoms with van der Waals surface area (Å²) in [5, 5.41) is 0. The summed E-state index contributed by atoms with van der Waals surface area (Å²) >= 11 is 0. The summed E-state index contributed by atoms with van der Waals surface area (Å²) in [6.07, 6.45) is 2.20. The molecule has 0 unspecified atom stereocenters. The molecule has 0 aliphatic carbocycles. The number of aldehydes is 1. The van der Waals surface area contributed by atoms with Crippen molar-refractivity contribution >= 4 is 6.29 Å². The lowest BCUT2D eigenvalue weighted by molar-refractivity contribution is -0.107. The molecular formula is C8H11FO2. The van der Waals surface area contributed by atoms with E-state index in [2.05, 4.69) is 11.3 Å². The van der Waals surface area contributed by atoms with Crippen LogP contribution in [0.3, 0.4) is 0 Å². The molecule has 0 aliphatic heterocycles. The molecule has 3 heteroatoms. The zero-order valence-corrected chi connectivity index (χ0v) is 6.47. The zero-order valence-electron chi connectivity index (χ0n) is 6.47. The summed E-state index contributed by atoms with van der Waals surface area (Å²) in [4.78, 5) is 9.85. The Bertz CT molecular complexity index is 173. The van der Waals surface area contributed by atoms with Crippen LogP contribution in [0.15, 0.2) is 24.2 Å². The molecular weight excluding hydrogens is 147 g/mol. The molecule has 0 bridgehead atoms. The van der Waals surface area contributed by atoms with Crippen molar-refractivity contribution in [3.05, 3.63) is 24.2 Å². The number of allylic oxidation sites excluding steroid dienone is 2. The largest absolute Gasteiger partial charge is 0.494 e. The number of hydrogen-bond acceptors (Lipinski definition) is 2. The molecule has 0 saturated carbocycles. The number of ether oxygens (including phenoxy) is 1. The lowest BCUT2D eigenvalue weighted by atomic mass is 10.2. The van der Waals surface area contributed by atoms with Crippen molar-refractivity contribution in [2.24, 2.45) is 0 Å². The van der Waals surface area contributed by atoms with E-state index in [-0.39, 0.29) is 18.6 Å². The van der Waals surface area contributed by atoms with E-state index < -0.39 is 5.83 Å². The number of hydrogen-bond donors (Lipinski definition) is 0. The second-order valence-corrected chi connectivity index (χ2v) is 1.88. The van der Waals surface area contributed by atoms with Gasteiger partial charge in [0, 0.05) is 12.8 Å². The van der Waals surface area contributed by atoms with Crippen molar-refractivity contribution in [3.63, 3.8) is 0 Å². The Morgan fingerprint density at radius 1 is 1.73 bits per heavy atom. The maximum absolute atomic E-state index is 12.8. The fourth-order valence-corrected chi connectivity index (χ4v) is 0.614. The maximum atomic E-state index is 12.8. The highest BCUT2D eigenvalue weighted by Gasteiger charge is 2.01. The number of carbonyl (C=O) groups excluding carboxylic acids is 1. The van der Waals surface area contributed by atoms with Crippen molar-refractivity contribution in [1.29, 1.82) is 0 Å². The van der Waals surface area contributed by atoms with E-state index in [1.807, 2.05) is 0 Å². The van der Waals surface area contributed by atoms with Gasteiger partial charge in [-0.2, -0.15) is 0 Å². The first kappa shape index (κ1) is 9.88. The monoisotopic (exact) mass is 158 g/mol. The van der Waals surface area contributed by atoms with Crippen LogP contribution in [0.1, 0.15) is 12.8 Å². The molecule has 2 nitrogen and oxygen atoms in total. The van der Waals surface area contributed by atoms with Gasteiger partial charge in [0.2, 0.25) is 0 Å². The Hall–Kier alpha value is -1.12. The molecule has 0 amide bonds. The van der Waals surface area contributed by atoms with E-state index in [0.717, 1.165) is 0 Å². The minimum Gasteiger partial charge on any atom is -0.494 e. The van der Waals surface area contributed by atoms with Gasteiger partial charge in [-0.1, -0.05) is 6.58 Å². The Balaban J connectivity index is 4.10. The van der Waals surface area contributed by atoms with Crippen LogP contribution in [0.4, 0.5) is 4.39 Å². The van der Waals surface area contributed by atoms with Crippen LogP contribution in [0.25, 0.3) is 0 Å². The third kappa shape index (κ3) is 3.55. The van der Waals surface area contributed by atoms with Gasteiger partial charge in [0.25, 0.3) is 0 Å². The molecule has 0 heterocycles. The number of methoxy groups -OCH3 is 1. The Kier molecular flexibility index (Phi) is 5.07. The second kappa shape index (κ2) is 5.65. The standard InChI is InChI=1S/C8H11FO2/c1-3-8(11-2)7(9)5-4-6-10/h3,6H,1,4-5H2,2H3/b8-7-. The molecule has 0 aromatic heterocycles. The smallest absolute Gasteiger partial charge is 0.149 e. The van der Waals surface area contributed by atoms with E-state index in [0.29, 0.717) is 6.29 Å². The van der Waals surface area contributed by atoms with Crippen LogP contribution in [0.2, 0.25) is 0 Å². The van der Waals surface area contributed by atoms with Crippen molar-refractivity contribution < 1.29 is 13.9 Å². The molecule has 0 aromatic rings. The highest BCUT2D eigenvalue weighted by Crippen LogP contribution is 2.12. The fourth-order valence-electron chi connectivity index (χ4n) is 0.614. The van der Waals surface area contributed by atoms with Gasteiger partial charge in [-0.25, -0.2) is 4.39 Å². The maximum Gasteiger partial charge on any atom is 0.149 e. The summed E-state index contributed by atoms with van der Waals surface area (Å²) in [7, 11) is 1.36. The molecule has 0 fully saturated rings. The molecule has 0 spiro atoms. The van der Waals surface area contributed by atoms with Gasteiger partial charge in [-0.15, -0.1) is 0 Å². The predicted molar refractivity (Wildman–Crippen MR) is 40.6 cm³/mol. The second-order valence-electron chi connectivity index (χ2n) is 1.88. The summed E-state index contributed by atoms with van der Waals surface area (Å²) in [5.74, 6) is -0.332. The van der Waals surface area contributed by atoms with Crippen LogP contribution in [0.5, 0.6) is 0 Å². The molecule has 0 aromatic carbocycles.